The van der Waals surface area contributed by atoms with Gasteiger partial charge in [0.05, 0.1) is 0 Å². The van der Waals surface area contributed by atoms with Crippen molar-refractivity contribution < 1.29 is 0 Å². The van der Waals surface area contributed by atoms with Gasteiger partial charge in [-0.15, -0.1) is 0 Å². The Morgan fingerprint density at radius 3 is 1.50 bits per heavy atom. The van der Waals surface area contributed by atoms with E-state index in [1.807, 2.05) is 6.92 Å². The summed E-state index contributed by atoms with van der Waals surface area (Å²) in [5.74, 6) is 0. The average Bonchev–Trinajstić information content (AvgIpc) is 1.69. The quantitative estimate of drug-likeness (QED) is 0.532. The first-order valence-electron chi connectivity index (χ1n) is 3.14. The zero-order chi connectivity index (χ0) is 6.99. The summed E-state index contributed by atoms with van der Waals surface area (Å²) in [6.45, 7) is 6.71. The van der Waals surface area contributed by atoms with Crippen LogP contribution in [-0.2, 0) is 0 Å². The summed E-state index contributed by atoms with van der Waals surface area (Å²) in [5, 5.41) is 0. The molecule has 0 amide bonds. The number of nitrogens with two attached hydrogens (primary N) is 2. The summed E-state index contributed by atoms with van der Waals surface area (Å²) in [4.78, 5) is 0. The van der Waals surface area contributed by atoms with Gasteiger partial charge >= 0.3 is 0 Å². The fourth-order valence-corrected chi connectivity index (χ4v) is 0. The summed E-state index contributed by atoms with van der Waals surface area (Å²) >= 11 is 0. The highest BCUT2D eigenvalue weighted by Gasteiger charge is 1.79. The predicted molar refractivity (Wildman–Crippen MR) is 38.7 cm³/mol. The van der Waals surface area contributed by atoms with E-state index in [0.29, 0.717) is 6.54 Å². The van der Waals surface area contributed by atoms with Crippen LogP contribution in [0, 0.1) is 0 Å². The molecule has 0 aromatic carbocycles. The van der Waals surface area contributed by atoms with Crippen LogP contribution in [0.4, 0.5) is 0 Å². The fourth-order valence-electron chi connectivity index (χ4n) is 0. The third-order valence-electron chi connectivity index (χ3n) is 0.372. The van der Waals surface area contributed by atoms with Gasteiger partial charge in [-0.1, -0.05) is 20.3 Å². The summed E-state index contributed by atoms with van der Waals surface area (Å²) < 4.78 is 0. The van der Waals surface area contributed by atoms with Crippen LogP contribution in [0.15, 0.2) is 0 Å². The van der Waals surface area contributed by atoms with Gasteiger partial charge in [0.1, 0.15) is 0 Å². The van der Waals surface area contributed by atoms with Crippen molar-refractivity contribution in [2.24, 2.45) is 11.5 Å². The molecule has 0 aliphatic heterocycles. The van der Waals surface area contributed by atoms with Crippen molar-refractivity contribution >= 4 is 0 Å². The third kappa shape index (κ3) is 38.9. The van der Waals surface area contributed by atoms with Crippen LogP contribution in [0.5, 0.6) is 0 Å². The Morgan fingerprint density at radius 2 is 1.50 bits per heavy atom. The Kier molecular flexibility index (Phi) is 13.6. The van der Waals surface area contributed by atoms with Gasteiger partial charge in [0.25, 0.3) is 0 Å². The molecule has 0 heterocycles. The lowest BCUT2D eigenvalue weighted by Gasteiger charge is -1.92. The zero-order valence-electron chi connectivity index (χ0n) is 6.15. The molecule has 2 heteroatoms. The molecule has 0 aromatic heterocycles. The van der Waals surface area contributed by atoms with Crippen molar-refractivity contribution in [1.29, 1.82) is 0 Å². The minimum absolute atomic E-state index is 0.162. The second kappa shape index (κ2) is 10.0. The van der Waals surface area contributed by atoms with Gasteiger partial charge in [-0.2, -0.15) is 0 Å². The maximum atomic E-state index is 5.17. The zero-order valence-corrected chi connectivity index (χ0v) is 6.15. The molecule has 0 aliphatic carbocycles. The van der Waals surface area contributed by atoms with Crippen LogP contribution in [0.25, 0.3) is 0 Å². The predicted octanol–water partition coefficient (Wildman–Crippen LogP) is 0.709. The van der Waals surface area contributed by atoms with Crippen molar-refractivity contribution in [2.45, 2.75) is 33.2 Å². The second-order valence-corrected chi connectivity index (χ2v) is 1.92. The van der Waals surface area contributed by atoms with Crippen LogP contribution in [0.3, 0.4) is 0 Å². The molecule has 0 bridgehead atoms. The summed E-state index contributed by atoms with van der Waals surface area (Å²) in [6, 6.07) is 0.162. The molecule has 0 spiro atoms. The molecule has 0 fully saturated rings. The normalized spacial score (nSPS) is 11.6. The summed E-state index contributed by atoms with van der Waals surface area (Å²) in [7, 11) is 0. The van der Waals surface area contributed by atoms with Crippen LogP contribution < -0.4 is 11.5 Å². The van der Waals surface area contributed by atoms with Gasteiger partial charge < -0.3 is 11.5 Å². The summed E-state index contributed by atoms with van der Waals surface area (Å²) in [6.07, 6.45) is 1.25. The highest BCUT2D eigenvalue weighted by Crippen LogP contribution is 1.59. The van der Waals surface area contributed by atoms with Crippen molar-refractivity contribution in [1.82, 2.24) is 0 Å². The molecule has 1 atom stereocenters. The van der Waals surface area contributed by atoms with Crippen molar-refractivity contribution in [3.05, 3.63) is 0 Å². The van der Waals surface area contributed by atoms with Gasteiger partial charge in [-0.05, 0) is 6.92 Å². The molecule has 0 aromatic rings. The van der Waals surface area contributed by atoms with Gasteiger partial charge in [0.2, 0.25) is 0 Å². The second-order valence-electron chi connectivity index (χ2n) is 1.92. The Morgan fingerprint density at radius 1 is 1.38 bits per heavy atom. The van der Waals surface area contributed by atoms with Crippen LogP contribution in [0.2, 0.25) is 0 Å². The topological polar surface area (TPSA) is 52.0 Å². The largest absolute Gasteiger partial charge is 0.329 e. The van der Waals surface area contributed by atoms with Gasteiger partial charge in [-0.3, -0.25) is 0 Å². The number of rotatable bonds is 1. The maximum absolute atomic E-state index is 5.17. The Bertz CT molecular complexity index is 27.7. The maximum Gasteiger partial charge on any atom is 0.0134 e. The molecule has 0 saturated carbocycles. The van der Waals surface area contributed by atoms with E-state index in [1.165, 1.54) is 6.42 Å². The first-order chi connectivity index (χ1) is 3.68. The lowest BCUT2D eigenvalue weighted by molar-refractivity contribution is 0.752. The lowest BCUT2D eigenvalue weighted by atomic mass is 10.4. The Labute approximate surface area is 52.2 Å². The van der Waals surface area contributed by atoms with E-state index < -0.39 is 0 Å². The third-order valence-corrected chi connectivity index (χ3v) is 0.372. The molecule has 52 valence electrons. The van der Waals surface area contributed by atoms with Crippen LogP contribution in [-0.4, -0.2) is 12.6 Å². The van der Waals surface area contributed by atoms with Gasteiger partial charge in [-0.25, -0.2) is 0 Å². The Balaban J connectivity index is 0. The monoisotopic (exact) mass is 118 g/mol. The van der Waals surface area contributed by atoms with Crippen molar-refractivity contribution in [3.63, 3.8) is 0 Å². The molecule has 0 aliphatic rings. The van der Waals surface area contributed by atoms with Crippen LogP contribution in [0.1, 0.15) is 27.2 Å². The standard InChI is InChI=1S/C3H10N2.C3H8/c1-3(5)2-4;1-3-2/h3H,2,4-5H2,1H3;3H2,1-2H3. The average molecular weight is 118 g/mol. The van der Waals surface area contributed by atoms with E-state index in [2.05, 4.69) is 13.8 Å². The van der Waals surface area contributed by atoms with Crippen molar-refractivity contribution in [2.75, 3.05) is 6.54 Å². The molecule has 0 rings (SSSR count). The highest BCUT2D eigenvalue weighted by molar-refractivity contribution is 4.48. The molecule has 8 heavy (non-hydrogen) atoms. The molecule has 0 saturated heterocycles. The smallest absolute Gasteiger partial charge is 0.0134 e. The molecular formula is C6H18N2. The van der Waals surface area contributed by atoms with E-state index in [0.717, 1.165) is 0 Å². The van der Waals surface area contributed by atoms with Gasteiger partial charge in [0.15, 0.2) is 0 Å². The first kappa shape index (κ1) is 10.8. The first-order valence-corrected chi connectivity index (χ1v) is 3.14. The lowest BCUT2D eigenvalue weighted by Crippen LogP contribution is -2.25. The summed E-state index contributed by atoms with van der Waals surface area (Å²) in [5.41, 5.74) is 10.2. The number of hydrogen-bond acceptors (Lipinski definition) is 2. The minimum atomic E-state index is 0.162. The van der Waals surface area contributed by atoms with Crippen LogP contribution >= 0.6 is 0 Å². The fraction of sp³-hybridized carbons (Fsp3) is 1.00. The minimum Gasteiger partial charge on any atom is -0.329 e. The van der Waals surface area contributed by atoms with E-state index >= 15 is 0 Å². The highest BCUT2D eigenvalue weighted by atomic mass is 14.7. The van der Waals surface area contributed by atoms with Gasteiger partial charge in [0, 0.05) is 12.6 Å². The van der Waals surface area contributed by atoms with Crippen molar-refractivity contribution in [3.8, 4) is 0 Å². The molecule has 4 N–H and O–H groups in total. The molecular weight excluding hydrogens is 100 g/mol. The molecule has 2 nitrogen and oxygen atoms in total. The number of hydrogen-bond donors (Lipinski definition) is 2. The Hall–Kier alpha value is -0.0800. The van der Waals surface area contributed by atoms with E-state index in [9.17, 15) is 0 Å². The van der Waals surface area contributed by atoms with E-state index in [-0.39, 0.29) is 6.04 Å². The molecule has 1 unspecified atom stereocenters. The van der Waals surface area contributed by atoms with E-state index in [4.69, 9.17) is 11.5 Å². The molecule has 0 radical (unpaired) electrons. The van der Waals surface area contributed by atoms with E-state index in [1.54, 1.807) is 0 Å². The SMILES string of the molecule is CC(N)CN.CCC.